The van der Waals surface area contributed by atoms with Crippen molar-refractivity contribution in [2.75, 3.05) is 10.6 Å². The Bertz CT molecular complexity index is 1050. The molecule has 4 aromatic rings. The number of hydrogen-bond donors (Lipinski definition) is 3. The molecule has 0 aliphatic carbocycles. The third-order valence-electron chi connectivity index (χ3n) is 3.50. The van der Waals surface area contributed by atoms with Gasteiger partial charge in [-0.1, -0.05) is 11.6 Å². The SMILES string of the molecule is CC(=O)Nc1ccc(Nc2nc3nc4cc(Cl)ccc4n3[nH]2)cc1. The summed E-state index contributed by atoms with van der Waals surface area (Å²) in [6.07, 6.45) is 0. The molecular weight excluding hydrogens is 328 g/mol. The number of halogens is 1. The summed E-state index contributed by atoms with van der Waals surface area (Å²) in [6, 6.07) is 12.8. The molecule has 4 rings (SSSR count). The van der Waals surface area contributed by atoms with Crippen molar-refractivity contribution >= 4 is 51.6 Å². The maximum atomic E-state index is 11.0. The van der Waals surface area contributed by atoms with Gasteiger partial charge < -0.3 is 10.6 Å². The Balaban J connectivity index is 1.61. The van der Waals surface area contributed by atoms with Crippen LogP contribution in [0.1, 0.15) is 6.92 Å². The fraction of sp³-hybridized carbons (Fsp3) is 0.0625. The number of anilines is 3. The molecule has 0 saturated carbocycles. The van der Waals surface area contributed by atoms with Crippen molar-refractivity contribution in [2.45, 2.75) is 6.92 Å². The summed E-state index contributed by atoms with van der Waals surface area (Å²) in [5.74, 6) is 1.03. The van der Waals surface area contributed by atoms with Crippen LogP contribution in [0.5, 0.6) is 0 Å². The van der Waals surface area contributed by atoms with E-state index in [2.05, 4.69) is 25.7 Å². The fourth-order valence-electron chi connectivity index (χ4n) is 2.49. The molecule has 2 heterocycles. The number of fused-ring (bicyclic) bond motifs is 3. The number of carbonyl (C=O) groups excluding carboxylic acids is 1. The second-order valence-electron chi connectivity index (χ2n) is 5.34. The van der Waals surface area contributed by atoms with Crippen LogP contribution in [-0.4, -0.2) is 25.5 Å². The fourth-order valence-corrected chi connectivity index (χ4v) is 2.66. The maximum absolute atomic E-state index is 11.0. The highest BCUT2D eigenvalue weighted by Gasteiger charge is 2.10. The van der Waals surface area contributed by atoms with E-state index in [0.717, 1.165) is 22.4 Å². The average Bonchev–Trinajstić information content (AvgIpc) is 3.05. The van der Waals surface area contributed by atoms with E-state index in [4.69, 9.17) is 11.6 Å². The lowest BCUT2D eigenvalue weighted by atomic mass is 10.3. The molecule has 2 aromatic carbocycles. The van der Waals surface area contributed by atoms with Gasteiger partial charge in [0.05, 0.1) is 11.0 Å². The van der Waals surface area contributed by atoms with Gasteiger partial charge in [0.15, 0.2) is 0 Å². The number of nitrogens with zero attached hydrogens (tertiary/aromatic N) is 3. The largest absolute Gasteiger partial charge is 0.326 e. The Kier molecular flexibility index (Phi) is 3.35. The van der Waals surface area contributed by atoms with Crippen molar-refractivity contribution in [3.63, 3.8) is 0 Å². The summed E-state index contributed by atoms with van der Waals surface area (Å²) in [7, 11) is 0. The van der Waals surface area contributed by atoms with E-state index in [1.807, 2.05) is 36.4 Å². The minimum Gasteiger partial charge on any atom is -0.326 e. The Hall–Kier alpha value is -3.06. The molecule has 1 amide bonds. The Labute approximate surface area is 141 Å². The first kappa shape index (κ1) is 14.5. The summed E-state index contributed by atoms with van der Waals surface area (Å²) in [5.41, 5.74) is 3.27. The van der Waals surface area contributed by atoms with Crippen LogP contribution in [0.4, 0.5) is 17.3 Å². The van der Waals surface area contributed by atoms with Gasteiger partial charge in [-0.3, -0.25) is 9.89 Å². The zero-order chi connectivity index (χ0) is 16.7. The predicted octanol–water partition coefficient (Wildman–Crippen LogP) is 3.57. The number of nitrogens with one attached hydrogen (secondary N) is 3. The molecule has 0 radical (unpaired) electrons. The van der Waals surface area contributed by atoms with Crippen LogP contribution in [0.25, 0.3) is 16.8 Å². The lowest BCUT2D eigenvalue weighted by Gasteiger charge is -2.05. The van der Waals surface area contributed by atoms with Gasteiger partial charge >= 0.3 is 0 Å². The van der Waals surface area contributed by atoms with E-state index >= 15 is 0 Å². The number of carbonyl (C=O) groups is 1. The first-order valence-corrected chi connectivity index (χ1v) is 7.65. The van der Waals surface area contributed by atoms with Gasteiger partial charge in [0.1, 0.15) is 0 Å². The molecule has 0 aliphatic rings. The molecule has 8 heteroatoms. The van der Waals surface area contributed by atoms with Gasteiger partial charge in [-0.15, -0.1) is 0 Å². The summed E-state index contributed by atoms with van der Waals surface area (Å²) in [5, 5.41) is 9.68. The number of aromatic nitrogens is 4. The summed E-state index contributed by atoms with van der Waals surface area (Å²) in [4.78, 5) is 19.9. The van der Waals surface area contributed by atoms with Crippen molar-refractivity contribution in [1.29, 1.82) is 0 Å². The molecule has 0 fully saturated rings. The highest BCUT2D eigenvalue weighted by molar-refractivity contribution is 6.31. The van der Waals surface area contributed by atoms with E-state index in [9.17, 15) is 4.79 Å². The zero-order valence-electron chi connectivity index (χ0n) is 12.7. The van der Waals surface area contributed by atoms with Crippen LogP contribution in [-0.2, 0) is 4.79 Å². The predicted molar refractivity (Wildman–Crippen MR) is 93.9 cm³/mol. The molecule has 3 N–H and O–H groups in total. The topological polar surface area (TPSA) is 87.1 Å². The second-order valence-corrected chi connectivity index (χ2v) is 5.77. The number of amides is 1. The monoisotopic (exact) mass is 340 g/mol. The summed E-state index contributed by atoms with van der Waals surface area (Å²) < 4.78 is 1.79. The van der Waals surface area contributed by atoms with Crippen molar-refractivity contribution < 1.29 is 4.79 Å². The standard InChI is InChI=1S/C16H13ClN6O/c1-9(24)18-11-3-5-12(6-4-11)19-15-21-16-20-13-8-10(17)2-7-14(13)23(16)22-15/h2-8H,1H3,(H,18,24)(H2,19,20,21,22). The van der Waals surface area contributed by atoms with E-state index in [-0.39, 0.29) is 5.91 Å². The molecule has 2 aromatic heterocycles. The molecule has 0 unspecified atom stereocenters. The van der Waals surface area contributed by atoms with Gasteiger partial charge in [-0.25, -0.2) is 9.50 Å². The van der Waals surface area contributed by atoms with Crippen molar-refractivity contribution in [1.82, 2.24) is 19.6 Å². The van der Waals surface area contributed by atoms with E-state index < -0.39 is 0 Å². The van der Waals surface area contributed by atoms with Crippen LogP contribution in [0.3, 0.4) is 0 Å². The minimum absolute atomic E-state index is 0.102. The van der Waals surface area contributed by atoms with Crippen molar-refractivity contribution in [3.8, 4) is 0 Å². The van der Waals surface area contributed by atoms with Crippen LogP contribution < -0.4 is 10.6 Å². The molecule has 120 valence electrons. The van der Waals surface area contributed by atoms with Gasteiger partial charge in [0, 0.05) is 23.3 Å². The van der Waals surface area contributed by atoms with Crippen molar-refractivity contribution in [3.05, 3.63) is 47.5 Å². The summed E-state index contributed by atoms with van der Waals surface area (Å²) >= 11 is 5.98. The lowest BCUT2D eigenvalue weighted by molar-refractivity contribution is -0.114. The highest BCUT2D eigenvalue weighted by atomic mass is 35.5. The quantitative estimate of drug-likeness (QED) is 0.532. The first-order valence-electron chi connectivity index (χ1n) is 7.27. The van der Waals surface area contributed by atoms with Gasteiger partial charge in [-0.05, 0) is 42.5 Å². The van der Waals surface area contributed by atoms with E-state index in [1.54, 1.807) is 10.6 Å². The average molecular weight is 341 g/mol. The molecule has 24 heavy (non-hydrogen) atoms. The number of imidazole rings is 1. The van der Waals surface area contributed by atoms with E-state index in [0.29, 0.717) is 16.7 Å². The van der Waals surface area contributed by atoms with E-state index in [1.165, 1.54) is 6.92 Å². The van der Waals surface area contributed by atoms with Crippen molar-refractivity contribution in [2.24, 2.45) is 0 Å². The second kappa shape index (κ2) is 5.54. The molecule has 0 spiro atoms. The molecule has 7 nitrogen and oxygen atoms in total. The molecule has 0 bridgehead atoms. The Morgan fingerprint density at radius 3 is 2.62 bits per heavy atom. The molecule has 0 atom stereocenters. The van der Waals surface area contributed by atoms with Crippen LogP contribution in [0, 0.1) is 0 Å². The van der Waals surface area contributed by atoms with Crippen LogP contribution in [0.2, 0.25) is 5.02 Å². The highest BCUT2D eigenvalue weighted by Crippen LogP contribution is 2.22. The zero-order valence-corrected chi connectivity index (χ0v) is 13.4. The Morgan fingerprint density at radius 1 is 1.12 bits per heavy atom. The normalized spacial score (nSPS) is 11.1. The number of rotatable bonds is 3. The van der Waals surface area contributed by atoms with Gasteiger partial charge in [0.25, 0.3) is 5.78 Å². The first-order chi connectivity index (χ1) is 11.6. The van der Waals surface area contributed by atoms with Gasteiger partial charge in [-0.2, -0.15) is 4.98 Å². The van der Waals surface area contributed by atoms with Gasteiger partial charge in [0.2, 0.25) is 11.9 Å². The minimum atomic E-state index is -0.102. The third kappa shape index (κ3) is 2.65. The summed E-state index contributed by atoms with van der Waals surface area (Å²) in [6.45, 7) is 1.47. The number of hydrogen-bond acceptors (Lipinski definition) is 4. The molecular formula is C16H13ClN6O. The number of H-pyrrole nitrogens is 1. The maximum Gasteiger partial charge on any atom is 0.253 e. The third-order valence-corrected chi connectivity index (χ3v) is 3.73. The molecule has 0 saturated heterocycles. The lowest BCUT2D eigenvalue weighted by Crippen LogP contribution is -2.05. The van der Waals surface area contributed by atoms with Crippen LogP contribution >= 0.6 is 11.6 Å². The smallest absolute Gasteiger partial charge is 0.253 e. The molecule has 0 aliphatic heterocycles. The number of benzene rings is 2. The van der Waals surface area contributed by atoms with Crippen LogP contribution in [0.15, 0.2) is 42.5 Å². The number of aromatic amines is 1. The Morgan fingerprint density at radius 2 is 1.88 bits per heavy atom.